The maximum Gasteiger partial charge on any atom is 0.429 e. The first-order valence-electron chi connectivity index (χ1n) is 7.79. The predicted octanol–water partition coefficient (Wildman–Crippen LogP) is 5.86. The van der Waals surface area contributed by atoms with Crippen molar-refractivity contribution < 1.29 is 40.6 Å². The zero-order valence-electron chi connectivity index (χ0n) is 14.2. The van der Waals surface area contributed by atoms with Gasteiger partial charge < -0.3 is 14.2 Å². The molecule has 148 valence electrons. The quantitative estimate of drug-likeness (QED) is 0.484. The number of benzene rings is 3. The molecule has 0 heterocycles. The molecule has 3 nitrogen and oxygen atoms in total. The lowest BCUT2D eigenvalue weighted by Gasteiger charge is -2.19. The third kappa shape index (κ3) is 3.92. The molecule has 0 atom stereocenters. The highest BCUT2D eigenvalue weighted by atomic mass is 19.3. The van der Waals surface area contributed by atoms with Crippen LogP contribution >= 0.6 is 0 Å². The fourth-order valence-electron chi connectivity index (χ4n) is 2.56. The highest BCUT2D eigenvalue weighted by Crippen LogP contribution is 2.36. The van der Waals surface area contributed by atoms with Crippen LogP contribution in [0.4, 0.5) is 26.3 Å². The van der Waals surface area contributed by atoms with Crippen molar-refractivity contribution >= 4 is 10.8 Å². The number of methoxy groups -OCH3 is 1. The summed E-state index contributed by atoms with van der Waals surface area (Å²) >= 11 is 0. The van der Waals surface area contributed by atoms with Crippen molar-refractivity contribution in [2.45, 2.75) is 12.7 Å². The fourth-order valence-corrected chi connectivity index (χ4v) is 2.56. The molecule has 9 heteroatoms. The zero-order valence-corrected chi connectivity index (χ0v) is 14.2. The van der Waals surface area contributed by atoms with Crippen LogP contribution in [0, 0.1) is 11.6 Å². The van der Waals surface area contributed by atoms with Crippen LogP contribution in [0.15, 0.2) is 48.5 Å². The van der Waals surface area contributed by atoms with E-state index in [1.54, 1.807) is 0 Å². The summed E-state index contributed by atoms with van der Waals surface area (Å²) in [5.74, 6) is -3.31. The molecule has 0 aromatic heterocycles. The second-order valence-electron chi connectivity index (χ2n) is 5.60. The zero-order chi connectivity index (χ0) is 20.5. The Bertz CT molecular complexity index is 1010. The summed E-state index contributed by atoms with van der Waals surface area (Å²) in [5, 5.41) is -0.0351. The van der Waals surface area contributed by atoms with E-state index in [0.29, 0.717) is 0 Å². The summed E-state index contributed by atoms with van der Waals surface area (Å²) in [7, 11) is 1.26. The van der Waals surface area contributed by atoms with Gasteiger partial charge in [-0.25, -0.2) is 8.78 Å². The van der Waals surface area contributed by atoms with Crippen LogP contribution < -0.4 is 14.2 Å². The Kier molecular flexibility index (Phi) is 5.26. The van der Waals surface area contributed by atoms with Gasteiger partial charge in [-0.15, -0.1) is 0 Å². The Morgan fingerprint density at radius 3 is 2.25 bits per heavy atom. The summed E-state index contributed by atoms with van der Waals surface area (Å²) in [6.07, 6.45) is -4.03. The molecule has 0 amide bonds. The van der Waals surface area contributed by atoms with Crippen molar-refractivity contribution in [3.05, 3.63) is 65.7 Å². The summed E-state index contributed by atoms with van der Waals surface area (Å²) in [4.78, 5) is 0. The summed E-state index contributed by atoms with van der Waals surface area (Å²) in [6.45, 7) is -3.22. The standard InChI is InChI=1S/C19H12F6O3/c1-26-11-4-6-14(15(20)9-11)19(24,25)28-12-3-5-13-10(8-12)2-7-16(17(13)21)27-18(22)23/h2-9,18H,1H3. The number of alkyl halides is 4. The van der Waals surface area contributed by atoms with Gasteiger partial charge in [-0.3, -0.25) is 0 Å². The molecule has 0 N–H and O–H groups in total. The van der Waals surface area contributed by atoms with E-state index < -0.39 is 35.7 Å². The van der Waals surface area contributed by atoms with Gasteiger partial charge in [0.05, 0.1) is 7.11 Å². The molecule has 0 radical (unpaired) electrons. The summed E-state index contributed by atoms with van der Waals surface area (Å²) in [5.41, 5.74) is -1.01. The normalized spacial score (nSPS) is 11.7. The number of halogens is 6. The van der Waals surface area contributed by atoms with Gasteiger partial charge in [0.2, 0.25) is 0 Å². The Labute approximate surface area is 155 Å². The van der Waals surface area contributed by atoms with Gasteiger partial charge in [-0.2, -0.15) is 17.6 Å². The monoisotopic (exact) mass is 402 g/mol. The number of hydrogen-bond donors (Lipinski definition) is 0. The Morgan fingerprint density at radius 2 is 1.61 bits per heavy atom. The second-order valence-corrected chi connectivity index (χ2v) is 5.60. The first kappa shape index (κ1) is 19.7. The van der Waals surface area contributed by atoms with Crippen molar-refractivity contribution in [1.29, 1.82) is 0 Å². The van der Waals surface area contributed by atoms with Gasteiger partial charge in [0.25, 0.3) is 0 Å². The fraction of sp³-hybridized carbons (Fsp3) is 0.158. The van der Waals surface area contributed by atoms with Gasteiger partial charge in [0, 0.05) is 11.5 Å². The first-order valence-corrected chi connectivity index (χ1v) is 7.79. The lowest BCUT2D eigenvalue weighted by molar-refractivity contribution is -0.187. The minimum Gasteiger partial charge on any atom is -0.497 e. The number of ether oxygens (including phenoxy) is 3. The van der Waals surface area contributed by atoms with Crippen molar-refractivity contribution in [3.63, 3.8) is 0 Å². The Hall–Kier alpha value is -3.10. The van der Waals surface area contributed by atoms with Gasteiger partial charge in [-0.1, -0.05) is 6.07 Å². The molecule has 28 heavy (non-hydrogen) atoms. The molecular formula is C19H12F6O3. The van der Waals surface area contributed by atoms with Crippen LogP contribution in [-0.2, 0) is 6.11 Å². The Morgan fingerprint density at radius 1 is 0.893 bits per heavy atom. The highest BCUT2D eigenvalue weighted by Gasteiger charge is 2.38. The van der Waals surface area contributed by atoms with E-state index in [9.17, 15) is 26.3 Å². The second kappa shape index (κ2) is 7.49. The van der Waals surface area contributed by atoms with Gasteiger partial charge >= 0.3 is 12.7 Å². The predicted molar refractivity (Wildman–Crippen MR) is 88.0 cm³/mol. The lowest BCUT2D eigenvalue weighted by Crippen LogP contribution is -2.23. The van der Waals surface area contributed by atoms with Gasteiger partial charge in [-0.05, 0) is 41.8 Å². The topological polar surface area (TPSA) is 27.7 Å². The molecule has 0 fully saturated rings. The number of fused-ring (bicyclic) bond motifs is 1. The van der Waals surface area contributed by atoms with Crippen molar-refractivity contribution in [2.24, 2.45) is 0 Å². The maximum atomic E-state index is 14.3. The molecule has 3 aromatic rings. The van der Waals surface area contributed by atoms with E-state index >= 15 is 0 Å². The average molecular weight is 402 g/mol. The smallest absolute Gasteiger partial charge is 0.429 e. The van der Waals surface area contributed by atoms with Crippen LogP contribution in [0.1, 0.15) is 5.56 Å². The SMILES string of the molecule is COc1ccc(C(F)(F)Oc2ccc3c(F)c(OC(F)F)ccc3c2)c(F)c1. The Balaban J connectivity index is 1.91. The largest absolute Gasteiger partial charge is 0.497 e. The molecular weight excluding hydrogens is 390 g/mol. The van der Waals surface area contributed by atoms with Crippen LogP contribution in [0.25, 0.3) is 10.8 Å². The van der Waals surface area contributed by atoms with Crippen LogP contribution in [0.5, 0.6) is 17.2 Å². The molecule has 0 bridgehead atoms. The number of rotatable bonds is 6. The van der Waals surface area contributed by atoms with Gasteiger partial charge in [0.15, 0.2) is 11.6 Å². The van der Waals surface area contributed by atoms with E-state index in [0.717, 1.165) is 42.5 Å². The summed E-state index contributed by atoms with van der Waals surface area (Å²) < 4.78 is 94.7. The van der Waals surface area contributed by atoms with E-state index in [2.05, 4.69) is 9.47 Å². The molecule has 0 saturated carbocycles. The molecule has 0 unspecified atom stereocenters. The lowest BCUT2D eigenvalue weighted by atomic mass is 10.1. The van der Waals surface area contributed by atoms with Crippen LogP contribution in [0.2, 0.25) is 0 Å². The molecule has 0 aliphatic rings. The van der Waals surface area contributed by atoms with E-state index in [1.807, 2.05) is 0 Å². The van der Waals surface area contributed by atoms with E-state index in [4.69, 9.17) is 4.74 Å². The van der Waals surface area contributed by atoms with E-state index in [-0.39, 0.29) is 22.3 Å². The molecule has 0 aliphatic carbocycles. The van der Waals surface area contributed by atoms with Crippen molar-refractivity contribution in [1.82, 2.24) is 0 Å². The minimum atomic E-state index is -4.03. The molecule has 0 saturated heterocycles. The molecule has 3 rings (SSSR count). The maximum absolute atomic E-state index is 14.3. The summed E-state index contributed by atoms with van der Waals surface area (Å²) in [6, 6.07) is 8.04. The van der Waals surface area contributed by atoms with E-state index in [1.165, 1.54) is 13.2 Å². The van der Waals surface area contributed by atoms with Crippen LogP contribution in [0.3, 0.4) is 0 Å². The molecule has 3 aromatic carbocycles. The van der Waals surface area contributed by atoms with Crippen LogP contribution in [-0.4, -0.2) is 13.7 Å². The van der Waals surface area contributed by atoms with Crippen molar-refractivity contribution in [3.8, 4) is 17.2 Å². The highest BCUT2D eigenvalue weighted by molar-refractivity contribution is 5.86. The van der Waals surface area contributed by atoms with Crippen molar-refractivity contribution in [2.75, 3.05) is 7.11 Å². The molecule has 0 spiro atoms. The number of hydrogen-bond acceptors (Lipinski definition) is 3. The van der Waals surface area contributed by atoms with Gasteiger partial charge in [0.1, 0.15) is 22.9 Å². The molecule has 0 aliphatic heterocycles. The first-order chi connectivity index (χ1) is 13.2. The average Bonchev–Trinajstić information content (AvgIpc) is 2.63. The third-order valence-electron chi connectivity index (χ3n) is 3.84. The third-order valence-corrected chi connectivity index (χ3v) is 3.84. The minimum absolute atomic E-state index is 0.0556.